The van der Waals surface area contributed by atoms with Gasteiger partial charge in [-0.15, -0.1) is 0 Å². The Labute approximate surface area is 137 Å². The van der Waals surface area contributed by atoms with Gasteiger partial charge in [0.05, 0.1) is 18.8 Å². The third-order valence-corrected chi connectivity index (χ3v) is 6.67. The Bertz CT molecular complexity index is 298. The van der Waals surface area contributed by atoms with Gasteiger partial charge in [0.25, 0.3) is 0 Å². The Morgan fingerprint density at radius 2 is 1.27 bits per heavy atom. The van der Waals surface area contributed by atoms with Crippen molar-refractivity contribution in [1.29, 1.82) is 0 Å². The van der Waals surface area contributed by atoms with Gasteiger partial charge in [-0.25, -0.2) is 0 Å². The molecule has 0 spiro atoms. The SMILES string of the molecule is CC(C)COP1OC(C2CCCCC2)C(C2CCCCC2)O1. The molecular weight excluding hydrogens is 295 g/mol. The van der Waals surface area contributed by atoms with E-state index in [2.05, 4.69) is 13.8 Å². The summed E-state index contributed by atoms with van der Waals surface area (Å²) in [5.41, 5.74) is 0. The molecule has 22 heavy (non-hydrogen) atoms. The standard InChI is InChI=1S/C18H33O3P/c1-14(2)13-19-22-20-17(15-9-5-3-6-10-15)18(21-22)16-11-7-4-8-12-16/h14-18H,3-13H2,1-2H3. The van der Waals surface area contributed by atoms with Crippen LogP contribution in [0.4, 0.5) is 0 Å². The van der Waals surface area contributed by atoms with Crippen molar-refractivity contribution in [1.82, 2.24) is 0 Å². The van der Waals surface area contributed by atoms with E-state index in [0.29, 0.717) is 30.0 Å². The summed E-state index contributed by atoms with van der Waals surface area (Å²) >= 11 is 0. The van der Waals surface area contributed by atoms with Crippen LogP contribution in [0.5, 0.6) is 0 Å². The second kappa shape index (κ2) is 8.42. The van der Waals surface area contributed by atoms with E-state index in [-0.39, 0.29) is 0 Å². The van der Waals surface area contributed by atoms with Crippen molar-refractivity contribution in [3.8, 4) is 0 Å². The second-order valence-corrected chi connectivity index (χ2v) is 8.98. The summed E-state index contributed by atoms with van der Waals surface area (Å²) in [5.74, 6) is 1.95. The summed E-state index contributed by atoms with van der Waals surface area (Å²) in [4.78, 5) is 0. The zero-order chi connectivity index (χ0) is 15.4. The van der Waals surface area contributed by atoms with Gasteiger partial charge in [-0.2, -0.15) is 0 Å². The predicted octanol–water partition coefficient (Wildman–Crippen LogP) is 5.83. The van der Waals surface area contributed by atoms with Crippen molar-refractivity contribution in [3.05, 3.63) is 0 Å². The third-order valence-electron chi connectivity index (χ3n) is 5.48. The highest BCUT2D eigenvalue weighted by molar-refractivity contribution is 7.42. The summed E-state index contributed by atoms with van der Waals surface area (Å²) in [6.07, 6.45) is 14.2. The van der Waals surface area contributed by atoms with E-state index in [9.17, 15) is 0 Å². The first kappa shape index (κ1) is 17.1. The fourth-order valence-corrected chi connectivity index (χ4v) is 5.82. The van der Waals surface area contributed by atoms with Gasteiger partial charge >= 0.3 is 8.60 Å². The van der Waals surface area contributed by atoms with E-state index in [1.807, 2.05) is 0 Å². The summed E-state index contributed by atoms with van der Waals surface area (Å²) in [6.45, 7) is 5.12. The highest BCUT2D eigenvalue weighted by Gasteiger charge is 2.46. The summed E-state index contributed by atoms with van der Waals surface area (Å²) < 4.78 is 18.6. The molecule has 1 aliphatic heterocycles. The molecule has 128 valence electrons. The van der Waals surface area contributed by atoms with E-state index in [1.54, 1.807) is 0 Å². The Morgan fingerprint density at radius 1 is 0.818 bits per heavy atom. The van der Waals surface area contributed by atoms with Gasteiger partial charge in [-0.05, 0) is 43.4 Å². The maximum absolute atomic E-state index is 6.34. The average Bonchev–Trinajstić information content (AvgIpc) is 2.99. The largest absolute Gasteiger partial charge is 0.333 e. The van der Waals surface area contributed by atoms with Crippen molar-refractivity contribution in [2.45, 2.75) is 90.3 Å². The van der Waals surface area contributed by atoms with Crippen LogP contribution in [0.3, 0.4) is 0 Å². The molecule has 1 heterocycles. The zero-order valence-corrected chi connectivity index (χ0v) is 15.2. The van der Waals surface area contributed by atoms with Crippen LogP contribution in [0.15, 0.2) is 0 Å². The van der Waals surface area contributed by atoms with Crippen LogP contribution in [-0.4, -0.2) is 18.8 Å². The molecule has 2 saturated carbocycles. The number of hydrogen-bond donors (Lipinski definition) is 0. The van der Waals surface area contributed by atoms with Crippen molar-refractivity contribution < 1.29 is 13.6 Å². The molecule has 0 N–H and O–H groups in total. The van der Waals surface area contributed by atoms with Gasteiger partial charge < -0.3 is 13.6 Å². The molecule has 1 saturated heterocycles. The number of rotatable bonds is 5. The monoisotopic (exact) mass is 328 g/mol. The first-order valence-corrected chi connectivity index (χ1v) is 10.6. The molecular formula is C18H33O3P. The number of hydrogen-bond acceptors (Lipinski definition) is 3. The van der Waals surface area contributed by atoms with Crippen LogP contribution >= 0.6 is 8.60 Å². The smallest absolute Gasteiger partial charge is 0.312 e. The minimum atomic E-state index is -1.11. The molecule has 0 radical (unpaired) electrons. The highest BCUT2D eigenvalue weighted by Crippen LogP contribution is 2.55. The van der Waals surface area contributed by atoms with Crippen molar-refractivity contribution in [2.24, 2.45) is 17.8 Å². The molecule has 3 nitrogen and oxygen atoms in total. The van der Waals surface area contributed by atoms with Crippen LogP contribution in [0.25, 0.3) is 0 Å². The molecule has 0 aromatic rings. The van der Waals surface area contributed by atoms with Gasteiger partial charge in [0, 0.05) is 0 Å². The lowest BCUT2D eigenvalue weighted by atomic mass is 9.77. The molecule has 0 aromatic carbocycles. The highest BCUT2D eigenvalue weighted by atomic mass is 31.2. The summed E-state index contributed by atoms with van der Waals surface area (Å²) in [6, 6.07) is 0. The molecule has 0 bridgehead atoms. The fraction of sp³-hybridized carbons (Fsp3) is 1.00. The fourth-order valence-electron chi connectivity index (χ4n) is 4.25. The van der Waals surface area contributed by atoms with E-state index in [0.717, 1.165) is 6.61 Å². The lowest BCUT2D eigenvalue weighted by molar-refractivity contribution is 0.0324. The van der Waals surface area contributed by atoms with Crippen molar-refractivity contribution in [3.63, 3.8) is 0 Å². The van der Waals surface area contributed by atoms with Gasteiger partial charge in [0.1, 0.15) is 0 Å². The minimum Gasteiger partial charge on any atom is -0.312 e. The molecule has 4 heteroatoms. The van der Waals surface area contributed by atoms with Gasteiger partial charge in [-0.1, -0.05) is 52.4 Å². The van der Waals surface area contributed by atoms with Crippen LogP contribution in [0.1, 0.15) is 78.1 Å². The molecule has 3 aliphatic rings. The van der Waals surface area contributed by atoms with E-state index in [1.165, 1.54) is 64.2 Å². The zero-order valence-electron chi connectivity index (χ0n) is 14.3. The molecule has 0 amide bonds. The maximum atomic E-state index is 6.34. The molecule has 3 fully saturated rings. The molecule has 2 aliphatic carbocycles. The molecule has 2 unspecified atom stereocenters. The lowest BCUT2D eigenvalue weighted by Crippen LogP contribution is -2.38. The van der Waals surface area contributed by atoms with Crippen molar-refractivity contribution in [2.75, 3.05) is 6.61 Å². The summed E-state index contributed by atoms with van der Waals surface area (Å²) in [5, 5.41) is 0. The maximum Gasteiger partial charge on any atom is 0.333 e. The van der Waals surface area contributed by atoms with Crippen LogP contribution in [0, 0.1) is 17.8 Å². The lowest BCUT2D eigenvalue weighted by Gasteiger charge is -2.34. The third kappa shape index (κ3) is 4.44. The first-order chi connectivity index (χ1) is 10.7. The van der Waals surface area contributed by atoms with Gasteiger partial charge in [0.2, 0.25) is 0 Å². The minimum absolute atomic E-state index is 0.307. The Kier molecular flexibility index (Phi) is 6.56. The van der Waals surface area contributed by atoms with Crippen molar-refractivity contribution >= 4 is 8.60 Å². The van der Waals surface area contributed by atoms with Crippen LogP contribution in [-0.2, 0) is 13.6 Å². The van der Waals surface area contributed by atoms with Gasteiger partial charge in [0.15, 0.2) is 0 Å². The topological polar surface area (TPSA) is 27.7 Å². The van der Waals surface area contributed by atoms with E-state index < -0.39 is 8.60 Å². The molecule has 2 atom stereocenters. The quantitative estimate of drug-likeness (QED) is 0.594. The van der Waals surface area contributed by atoms with E-state index >= 15 is 0 Å². The Hall–Kier alpha value is 0.310. The molecule has 3 rings (SSSR count). The Balaban J connectivity index is 1.62. The van der Waals surface area contributed by atoms with E-state index in [4.69, 9.17) is 13.6 Å². The Morgan fingerprint density at radius 3 is 1.68 bits per heavy atom. The van der Waals surface area contributed by atoms with Crippen LogP contribution in [0.2, 0.25) is 0 Å². The molecule has 0 aromatic heterocycles. The predicted molar refractivity (Wildman–Crippen MR) is 90.6 cm³/mol. The summed E-state index contributed by atoms with van der Waals surface area (Å²) in [7, 11) is -1.11. The average molecular weight is 328 g/mol. The second-order valence-electron chi connectivity index (χ2n) is 7.85. The van der Waals surface area contributed by atoms with Gasteiger partial charge in [-0.3, -0.25) is 0 Å². The normalized spacial score (nSPS) is 35.3. The van der Waals surface area contributed by atoms with Crippen LogP contribution < -0.4 is 0 Å². The first-order valence-electron chi connectivity index (χ1n) is 9.50.